The van der Waals surface area contributed by atoms with Crippen LogP contribution in [0, 0.1) is 18.3 Å². The first-order valence-corrected chi connectivity index (χ1v) is 10.4. The number of aromatic nitrogens is 2. The molecule has 1 aliphatic rings. The highest BCUT2D eigenvalue weighted by Gasteiger charge is 2.24. The number of hydrogen-bond acceptors (Lipinski definition) is 5. The summed E-state index contributed by atoms with van der Waals surface area (Å²) in [5.74, 6) is 1.11. The second kappa shape index (κ2) is 7.62. The molecule has 7 heteroatoms. The molecular weight excluding hydrogens is 376 g/mol. The Kier molecular flexibility index (Phi) is 5.12. The number of anilines is 1. The number of imidazole rings is 1. The van der Waals surface area contributed by atoms with E-state index in [1.165, 1.54) is 0 Å². The summed E-state index contributed by atoms with van der Waals surface area (Å²) in [6, 6.07) is 12.4. The summed E-state index contributed by atoms with van der Waals surface area (Å²) < 4.78 is 2.10. The smallest absolute Gasteiger partial charge is 0.234 e. The highest BCUT2D eigenvalue weighted by molar-refractivity contribution is 5.85. The molecule has 1 fully saturated rings. The zero-order chi connectivity index (χ0) is 21.5. The molecule has 3 heterocycles. The molecule has 7 nitrogen and oxygen atoms in total. The van der Waals surface area contributed by atoms with Gasteiger partial charge in [0.2, 0.25) is 5.91 Å². The maximum absolute atomic E-state index is 12.3. The predicted molar refractivity (Wildman–Crippen MR) is 119 cm³/mol. The van der Waals surface area contributed by atoms with E-state index in [0.29, 0.717) is 17.8 Å². The molecule has 4 rings (SSSR count). The van der Waals surface area contributed by atoms with Gasteiger partial charge in [-0.15, -0.1) is 0 Å². The Morgan fingerprint density at radius 2 is 1.90 bits per heavy atom. The van der Waals surface area contributed by atoms with Gasteiger partial charge in [0.05, 0.1) is 23.1 Å². The summed E-state index contributed by atoms with van der Waals surface area (Å²) in [7, 11) is 0. The number of fused-ring (bicyclic) bond motifs is 3. The van der Waals surface area contributed by atoms with E-state index in [-0.39, 0.29) is 11.4 Å². The first-order chi connectivity index (χ1) is 14.3. The van der Waals surface area contributed by atoms with E-state index >= 15 is 0 Å². The SMILES string of the molecule is Cc1cc(N2CCN(CC(=O)NC(C)(C)C)CC2)n2c(nc3ccccc32)c1C#N. The van der Waals surface area contributed by atoms with Crippen LogP contribution in [-0.4, -0.2) is 58.5 Å². The van der Waals surface area contributed by atoms with Crippen LogP contribution in [0.4, 0.5) is 5.82 Å². The fraction of sp³-hybridized carbons (Fsp3) is 0.435. The first kappa shape index (κ1) is 20.2. The fourth-order valence-electron chi connectivity index (χ4n) is 4.10. The highest BCUT2D eigenvalue weighted by atomic mass is 16.2. The number of hydrogen-bond donors (Lipinski definition) is 1. The van der Waals surface area contributed by atoms with Crippen LogP contribution in [0.1, 0.15) is 31.9 Å². The zero-order valence-electron chi connectivity index (χ0n) is 18.1. The van der Waals surface area contributed by atoms with Gasteiger partial charge in [-0.2, -0.15) is 5.26 Å². The van der Waals surface area contributed by atoms with Crippen molar-refractivity contribution in [2.75, 3.05) is 37.6 Å². The van der Waals surface area contributed by atoms with E-state index in [1.807, 2.05) is 52.0 Å². The van der Waals surface area contributed by atoms with Crippen molar-refractivity contribution in [1.82, 2.24) is 19.6 Å². The number of para-hydroxylation sites is 2. The van der Waals surface area contributed by atoms with Gasteiger partial charge < -0.3 is 10.2 Å². The predicted octanol–water partition coefficient (Wildman–Crippen LogP) is 2.70. The maximum atomic E-state index is 12.3. The van der Waals surface area contributed by atoms with Crippen LogP contribution in [0.3, 0.4) is 0 Å². The molecule has 2 aromatic heterocycles. The summed E-state index contributed by atoms with van der Waals surface area (Å²) in [4.78, 5) is 21.5. The molecule has 0 atom stereocenters. The molecule has 0 saturated carbocycles. The monoisotopic (exact) mass is 404 g/mol. The van der Waals surface area contributed by atoms with Crippen LogP contribution >= 0.6 is 0 Å². The Balaban J connectivity index is 1.61. The lowest BCUT2D eigenvalue weighted by molar-refractivity contribution is -0.123. The van der Waals surface area contributed by atoms with Gasteiger partial charge in [-0.05, 0) is 51.5 Å². The Bertz CT molecular complexity index is 1140. The number of pyridine rings is 1. The normalized spacial score (nSPS) is 15.5. The molecule has 1 aromatic carbocycles. The summed E-state index contributed by atoms with van der Waals surface area (Å²) in [6.45, 7) is 11.6. The zero-order valence-corrected chi connectivity index (χ0v) is 18.1. The van der Waals surface area contributed by atoms with Gasteiger partial charge in [0, 0.05) is 31.7 Å². The van der Waals surface area contributed by atoms with E-state index in [9.17, 15) is 10.1 Å². The maximum Gasteiger partial charge on any atom is 0.234 e. The van der Waals surface area contributed by atoms with Crippen LogP contribution in [0.25, 0.3) is 16.7 Å². The van der Waals surface area contributed by atoms with Gasteiger partial charge >= 0.3 is 0 Å². The molecule has 0 aliphatic carbocycles. The average molecular weight is 405 g/mol. The molecule has 3 aromatic rings. The first-order valence-electron chi connectivity index (χ1n) is 10.4. The number of nitrogens with zero attached hydrogens (tertiary/aromatic N) is 5. The lowest BCUT2D eigenvalue weighted by Gasteiger charge is -2.36. The van der Waals surface area contributed by atoms with Crippen molar-refractivity contribution >= 4 is 28.4 Å². The Morgan fingerprint density at radius 1 is 1.20 bits per heavy atom. The van der Waals surface area contributed by atoms with Crippen molar-refractivity contribution in [1.29, 1.82) is 5.26 Å². The number of piperazine rings is 1. The van der Waals surface area contributed by atoms with Gasteiger partial charge in [0.1, 0.15) is 11.9 Å². The van der Waals surface area contributed by atoms with Crippen LogP contribution in [0.2, 0.25) is 0 Å². The molecule has 1 amide bonds. The van der Waals surface area contributed by atoms with Crippen LogP contribution in [-0.2, 0) is 4.79 Å². The van der Waals surface area contributed by atoms with E-state index in [0.717, 1.165) is 48.6 Å². The number of amides is 1. The molecule has 1 N–H and O–H groups in total. The van der Waals surface area contributed by atoms with Crippen LogP contribution in [0.15, 0.2) is 30.3 Å². The molecule has 30 heavy (non-hydrogen) atoms. The molecule has 0 unspecified atom stereocenters. The second-order valence-corrected chi connectivity index (χ2v) is 8.99. The molecule has 0 bridgehead atoms. The standard InChI is InChI=1S/C23H28N6O/c1-16-13-21(28-11-9-27(10-12-28)15-20(30)26-23(2,3)4)29-19-8-6-5-7-18(19)25-22(29)17(16)14-24/h5-8,13H,9-12,15H2,1-4H3,(H,26,30). The number of nitriles is 1. The molecular formula is C23H28N6O. The number of aryl methyl sites for hydroxylation is 1. The minimum Gasteiger partial charge on any atom is -0.355 e. The number of carbonyl (C=O) groups excluding carboxylic acids is 1. The summed E-state index contributed by atoms with van der Waals surface area (Å²) in [6.07, 6.45) is 0. The minimum absolute atomic E-state index is 0.0631. The highest BCUT2D eigenvalue weighted by Crippen LogP contribution is 2.29. The fourth-order valence-corrected chi connectivity index (χ4v) is 4.10. The third kappa shape index (κ3) is 3.83. The van der Waals surface area contributed by atoms with E-state index in [2.05, 4.69) is 31.7 Å². The van der Waals surface area contributed by atoms with Crippen molar-refractivity contribution in [3.8, 4) is 6.07 Å². The van der Waals surface area contributed by atoms with Gasteiger partial charge in [-0.25, -0.2) is 4.98 Å². The second-order valence-electron chi connectivity index (χ2n) is 8.99. The lowest BCUT2D eigenvalue weighted by atomic mass is 10.1. The van der Waals surface area contributed by atoms with Gasteiger partial charge in [0.15, 0.2) is 5.65 Å². The molecule has 156 valence electrons. The summed E-state index contributed by atoms with van der Waals surface area (Å²) >= 11 is 0. The van der Waals surface area contributed by atoms with E-state index < -0.39 is 0 Å². The molecule has 0 radical (unpaired) electrons. The van der Waals surface area contributed by atoms with Crippen molar-refractivity contribution in [2.24, 2.45) is 0 Å². The van der Waals surface area contributed by atoms with Crippen molar-refractivity contribution in [2.45, 2.75) is 33.2 Å². The largest absolute Gasteiger partial charge is 0.355 e. The van der Waals surface area contributed by atoms with Crippen LogP contribution < -0.4 is 10.2 Å². The topological polar surface area (TPSA) is 76.7 Å². The van der Waals surface area contributed by atoms with Gasteiger partial charge in [-0.3, -0.25) is 14.1 Å². The summed E-state index contributed by atoms with van der Waals surface area (Å²) in [5, 5.41) is 12.7. The van der Waals surface area contributed by atoms with Gasteiger partial charge in [-0.1, -0.05) is 12.1 Å². The average Bonchev–Trinajstić information content (AvgIpc) is 3.06. The minimum atomic E-state index is -0.215. The lowest BCUT2D eigenvalue weighted by Crippen LogP contribution is -2.52. The van der Waals surface area contributed by atoms with Gasteiger partial charge in [0.25, 0.3) is 0 Å². The van der Waals surface area contributed by atoms with E-state index in [1.54, 1.807) is 0 Å². The third-order valence-electron chi connectivity index (χ3n) is 5.44. The quantitative estimate of drug-likeness (QED) is 0.726. The number of benzene rings is 1. The molecule has 0 spiro atoms. The van der Waals surface area contributed by atoms with E-state index in [4.69, 9.17) is 4.98 Å². The van der Waals surface area contributed by atoms with Crippen molar-refractivity contribution in [3.63, 3.8) is 0 Å². The van der Waals surface area contributed by atoms with Crippen LogP contribution in [0.5, 0.6) is 0 Å². The Labute approximate surface area is 176 Å². The van der Waals surface area contributed by atoms with Crippen molar-refractivity contribution < 1.29 is 4.79 Å². The number of nitrogens with one attached hydrogen (secondary N) is 1. The molecule has 1 aliphatic heterocycles. The molecule has 1 saturated heterocycles. The number of rotatable bonds is 3. The Hall–Kier alpha value is -3.11. The van der Waals surface area contributed by atoms with Crippen molar-refractivity contribution in [3.05, 3.63) is 41.5 Å². The number of carbonyl (C=O) groups is 1. The third-order valence-corrected chi connectivity index (χ3v) is 5.44. The summed E-state index contributed by atoms with van der Waals surface area (Å²) in [5.41, 5.74) is 3.94. The Morgan fingerprint density at radius 3 is 2.57 bits per heavy atom.